The van der Waals surface area contributed by atoms with E-state index in [9.17, 15) is 8.42 Å². The molecule has 0 fully saturated rings. The first kappa shape index (κ1) is 13.3. The van der Waals surface area contributed by atoms with Crippen molar-refractivity contribution in [3.63, 3.8) is 0 Å². The Balaban J connectivity index is 2.10. The summed E-state index contributed by atoms with van der Waals surface area (Å²) in [6, 6.07) is 15.5. The maximum absolute atomic E-state index is 11.8. The van der Waals surface area contributed by atoms with Gasteiger partial charge in [0.05, 0.1) is 6.21 Å². The van der Waals surface area contributed by atoms with E-state index in [0.717, 1.165) is 11.1 Å². The topological polar surface area (TPSA) is 55.7 Å². The molecule has 0 aromatic heterocycles. The van der Waals surface area contributed by atoms with Crippen LogP contribution < -0.4 is 0 Å². The summed E-state index contributed by atoms with van der Waals surface area (Å²) in [6.45, 7) is 1.88. The van der Waals surface area contributed by atoms with Crippen molar-refractivity contribution in [1.29, 1.82) is 0 Å². The first-order chi connectivity index (χ1) is 9.08. The van der Waals surface area contributed by atoms with Gasteiger partial charge < -0.3 is 0 Å². The van der Waals surface area contributed by atoms with Gasteiger partial charge in [-0.15, -0.1) is 0 Å². The molecule has 0 atom stereocenters. The highest BCUT2D eigenvalue weighted by Gasteiger charge is 2.14. The maximum atomic E-state index is 11.8. The lowest BCUT2D eigenvalue weighted by Gasteiger charge is -2.01. The summed E-state index contributed by atoms with van der Waals surface area (Å²) in [5.41, 5.74) is 1.74. The molecule has 4 nitrogen and oxygen atoms in total. The largest absolute Gasteiger partial charge is 0.358 e. The first-order valence-electron chi connectivity index (χ1n) is 5.67. The lowest BCUT2D eigenvalue weighted by Crippen LogP contribution is -2.02. The molecule has 2 aromatic rings. The van der Waals surface area contributed by atoms with Gasteiger partial charge in [0.1, 0.15) is 4.90 Å². The predicted octanol–water partition coefficient (Wildman–Crippen LogP) is 2.73. The van der Waals surface area contributed by atoms with E-state index in [4.69, 9.17) is 0 Å². The number of oxime groups is 1. The average Bonchev–Trinajstić information content (AvgIpc) is 2.40. The van der Waals surface area contributed by atoms with Crippen LogP contribution >= 0.6 is 0 Å². The summed E-state index contributed by atoms with van der Waals surface area (Å²) < 4.78 is 28.2. The smallest absolute Gasteiger partial charge is 0.265 e. The van der Waals surface area contributed by atoms with Crippen LogP contribution in [0, 0.1) is 6.92 Å². The zero-order valence-electron chi connectivity index (χ0n) is 10.4. The van der Waals surface area contributed by atoms with Gasteiger partial charge in [-0.05, 0) is 24.6 Å². The Morgan fingerprint density at radius 3 is 2.26 bits per heavy atom. The van der Waals surface area contributed by atoms with Gasteiger partial charge in [0.25, 0.3) is 0 Å². The second-order valence-electron chi connectivity index (χ2n) is 3.99. The molecule has 0 radical (unpaired) electrons. The quantitative estimate of drug-likeness (QED) is 0.637. The van der Waals surface area contributed by atoms with Crippen LogP contribution in [0.4, 0.5) is 0 Å². The van der Waals surface area contributed by atoms with Crippen LogP contribution in [0.25, 0.3) is 0 Å². The van der Waals surface area contributed by atoms with Gasteiger partial charge in [-0.1, -0.05) is 53.2 Å². The van der Waals surface area contributed by atoms with E-state index in [1.54, 1.807) is 24.3 Å². The molecular formula is C14H13NO3S. The first-order valence-corrected chi connectivity index (χ1v) is 7.07. The fourth-order valence-electron chi connectivity index (χ4n) is 1.43. The van der Waals surface area contributed by atoms with Gasteiger partial charge in [0.2, 0.25) is 0 Å². The van der Waals surface area contributed by atoms with Crippen molar-refractivity contribution in [1.82, 2.24) is 0 Å². The minimum absolute atomic E-state index is 0.0864. The molecule has 0 spiro atoms. The summed E-state index contributed by atoms with van der Waals surface area (Å²) in [5.74, 6) is 0. The number of hydrogen-bond acceptors (Lipinski definition) is 4. The number of benzene rings is 2. The molecule has 98 valence electrons. The Labute approximate surface area is 112 Å². The van der Waals surface area contributed by atoms with Crippen molar-refractivity contribution < 1.29 is 12.7 Å². The second-order valence-corrected chi connectivity index (χ2v) is 5.52. The molecule has 0 saturated carbocycles. The molecule has 2 aromatic carbocycles. The van der Waals surface area contributed by atoms with Crippen LogP contribution in [-0.2, 0) is 14.4 Å². The van der Waals surface area contributed by atoms with E-state index >= 15 is 0 Å². The molecule has 0 amide bonds. The van der Waals surface area contributed by atoms with Gasteiger partial charge in [0.15, 0.2) is 0 Å². The minimum atomic E-state index is -3.85. The van der Waals surface area contributed by atoms with Crippen LogP contribution in [0.1, 0.15) is 11.1 Å². The molecule has 0 saturated heterocycles. The van der Waals surface area contributed by atoms with Gasteiger partial charge in [-0.25, -0.2) is 0 Å². The number of nitrogens with zero attached hydrogens (tertiary/aromatic N) is 1. The summed E-state index contributed by atoms with van der Waals surface area (Å²) in [5, 5.41) is 3.50. The number of hydrogen-bond donors (Lipinski definition) is 0. The van der Waals surface area contributed by atoms with Crippen molar-refractivity contribution in [3.8, 4) is 0 Å². The molecule has 2 rings (SSSR count). The summed E-state index contributed by atoms with van der Waals surface area (Å²) in [6.07, 6.45) is 1.35. The third-order valence-corrected chi connectivity index (χ3v) is 3.58. The second kappa shape index (κ2) is 5.67. The van der Waals surface area contributed by atoms with Gasteiger partial charge in [0, 0.05) is 0 Å². The van der Waals surface area contributed by atoms with Crippen LogP contribution in [0.15, 0.2) is 64.6 Å². The van der Waals surface area contributed by atoms with E-state index in [2.05, 4.69) is 9.44 Å². The molecule has 5 heteroatoms. The lowest BCUT2D eigenvalue weighted by atomic mass is 10.2. The van der Waals surface area contributed by atoms with E-state index in [0.29, 0.717) is 0 Å². The summed E-state index contributed by atoms with van der Waals surface area (Å²) in [4.78, 5) is 0.0864. The van der Waals surface area contributed by atoms with Crippen molar-refractivity contribution >= 4 is 16.3 Å². The van der Waals surface area contributed by atoms with Crippen LogP contribution in [0.2, 0.25) is 0 Å². The SMILES string of the molecule is Cc1ccc(S(=O)(=O)O/N=C/c2ccccc2)cc1. The molecule has 0 aliphatic carbocycles. The Kier molecular flexibility index (Phi) is 3.97. The summed E-state index contributed by atoms with van der Waals surface area (Å²) >= 11 is 0. The fourth-order valence-corrected chi connectivity index (χ4v) is 2.14. The molecule has 0 heterocycles. The van der Waals surface area contributed by atoms with Crippen LogP contribution in [-0.4, -0.2) is 14.6 Å². The normalized spacial score (nSPS) is 11.6. The van der Waals surface area contributed by atoms with Crippen molar-refractivity contribution in [3.05, 3.63) is 65.7 Å². The highest BCUT2D eigenvalue weighted by Crippen LogP contribution is 2.13. The number of rotatable bonds is 4. The van der Waals surface area contributed by atoms with Gasteiger partial charge in [-0.2, -0.15) is 8.42 Å². The third-order valence-electron chi connectivity index (χ3n) is 2.45. The van der Waals surface area contributed by atoms with Gasteiger partial charge >= 0.3 is 10.1 Å². The molecule has 0 N–H and O–H groups in total. The highest BCUT2D eigenvalue weighted by molar-refractivity contribution is 7.86. The van der Waals surface area contributed by atoms with E-state index in [1.807, 2.05) is 25.1 Å². The molecule has 0 unspecified atom stereocenters. The Morgan fingerprint density at radius 2 is 1.63 bits per heavy atom. The standard InChI is InChI=1S/C14H13NO3S/c1-12-7-9-14(10-8-12)19(16,17)18-15-11-13-5-3-2-4-6-13/h2-11H,1H3/b15-11+. The van der Waals surface area contributed by atoms with E-state index in [-0.39, 0.29) is 4.90 Å². The van der Waals surface area contributed by atoms with Crippen LogP contribution in [0.5, 0.6) is 0 Å². The Morgan fingerprint density at radius 1 is 1.00 bits per heavy atom. The van der Waals surface area contributed by atoms with Crippen molar-refractivity contribution in [2.45, 2.75) is 11.8 Å². The van der Waals surface area contributed by atoms with Crippen molar-refractivity contribution in [2.75, 3.05) is 0 Å². The molecule has 0 aliphatic rings. The Hall–Kier alpha value is -2.14. The predicted molar refractivity (Wildman–Crippen MR) is 73.5 cm³/mol. The van der Waals surface area contributed by atoms with E-state index in [1.165, 1.54) is 18.3 Å². The summed E-state index contributed by atoms with van der Waals surface area (Å²) in [7, 11) is -3.85. The maximum Gasteiger partial charge on any atom is 0.358 e. The molecular weight excluding hydrogens is 262 g/mol. The zero-order valence-corrected chi connectivity index (χ0v) is 11.2. The number of aryl methyl sites for hydroxylation is 1. The van der Waals surface area contributed by atoms with E-state index < -0.39 is 10.1 Å². The highest BCUT2D eigenvalue weighted by atomic mass is 32.2. The molecule has 0 aliphatic heterocycles. The van der Waals surface area contributed by atoms with Crippen LogP contribution in [0.3, 0.4) is 0 Å². The lowest BCUT2D eigenvalue weighted by molar-refractivity contribution is 0.341. The average molecular weight is 275 g/mol. The van der Waals surface area contributed by atoms with Crippen molar-refractivity contribution in [2.24, 2.45) is 5.16 Å². The monoisotopic (exact) mass is 275 g/mol. The molecule has 19 heavy (non-hydrogen) atoms. The fraction of sp³-hybridized carbons (Fsp3) is 0.0714. The third kappa shape index (κ3) is 3.66. The zero-order chi connectivity index (χ0) is 13.7. The minimum Gasteiger partial charge on any atom is -0.265 e. The Bertz CT molecular complexity index is 662. The van der Waals surface area contributed by atoms with Gasteiger partial charge in [-0.3, -0.25) is 4.28 Å². The molecule has 0 bridgehead atoms.